The molecule has 142 valence electrons. The van der Waals surface area contributed by atoms with E-state index in [4.69, 9.17) is 0 Å². The number of fused-ring (bicyclic) bond motifs is 1. The summed E-state index contributed by atoms with van der Waals surface area (Å²) in [6.07, 6.45) is 2.97. The van der Waals surface area contributed by atoms with Gasteiger partial charge in [0.15, 0.2) is 0 Å². The van der Waals surface area contributed by atoms with Gasteiger partial charge in [-0.15, -0.1) is 0 Å². The van der Waals surface area contributed by atoms with Gasteiger partial charge in [0.25, 0.3) is 0 Å². The molecule has 0 radical (unpaired) electrons. The minimum absolute atomic E-state index is 0.159. The van der Waals surface area contributed by atoms with Crippen LogP contribution < -0.4 is 5.32 Å². The summed E-state index contributed by atoms with van der Waals surface area (Å²) < 4.78 is 28.2. The fourth-order valence-corrected chi connectivity index (χ4v) is 3.93. The van der Waals surface area contributed by atoms with Gasteiger partial charge in [0.2, 0.25) is 15.9 Å². The Kier molecular flexibility index (Phi) is 5.52. The molecule has 27 heavy (non-hydrogen) atoms. The molecule has 1 amide bonds. The summed E-state index contributed by atoms with van der Waals surface area (Å²) in [6.45, 7) is 2.00. The predicted molar refractivity (Wildman–Crippen MR) is 101 cm³/mol. The van der Waals surface area contributed by atoms with Crippen LogP contribution in [0.2, 0.25) is 0 Å². The third-order valence-electron chi connectivity index (χ3n) is 4.13. The lowest BCUT2D eigenvalue weighted by Gasteiger charge is -2.19. The first kappa shape index (κ1) is 19.0. The van der Waals surface area contributed by atoms with Crippen molar-refractivity contribution in [1.29, 1.82) is 0 Å². The Morgan fingerprint density at radius 1 is 1.22 bits per heavy atom. The van der Waals surface area contributed by atoms with E-state index in [-0.39, 0.29) is 23.4 Å². The molecule has 0 spiro atoms. The van der Waals surface area contributed by atoms with Gasteiger partial charge >= 0.3 is 0 Å². The smallest absolute Gasteiger partial charge is 0.243 e. The van der Waals surface area contributed by atoms with Crippen molar-refractivity contribution in [1.82, 2.24) is 24.4 Å². The highest BCUT2D eigenvalue weighted by atomic mass is 32.2. The van der Waals surface area contributed by atoms with Crippen LogP contribution in [0.5, 0.6) is 0 Å². The molecule has 1 N–H and O–H groups in total. The largest absolute Gasteiger partial charge is 0.351 e. The van der Waals surface area contributed by atoms with Crippen molar-refractivity contribution in [2.45, 2.75) is 24.4 Å². The number of nitrogens with zero attached hydrogens (tertiary/aromatic N) is 4. The summed E-state index contributed by atoms with van der Waals surface area (Å²) >= 11 is 0. The summed E-state index contributed by atoms with van der Waals surface area (Å²) in [4.78, 5) is 16.2. The first-order chi connectivity index (χ1) is 12.9. The fourth-order valence-electron chi connectivity index (χ4n) is 2.77. The number of benzene rings is 2. The average molecular weight is 387 g/mol. The van der Waals surface area contributed by atoms with Gasteiger partial charge in [-0.05, 0) is 29.8 Å². The molecule has 0 aliphatic rings. The van der Waals surface area contributed by atoms with Crippen LogP contribution in [0.4, 0.5) is 0 Å². The Bertz CT molecular complexity index is 1030. The zero-order valence-electron chi connectivity index (χ0n) is 15.1. The molecule has 2 aromatic carbocycles. The van der Waals surface area contributed by atoms with Crippen LogP contribution in [0.1, 0.15) is 6.92 Å². The molecule has 1 heterocycles. The minimum atomic E-state index is -3.77. The number of hydrogen-bond acceptors (Lipinski definition) is 5. The van der Waals surface area contributed by atoms with Crippen LogP contribution in [0.25, 0.3) is 10.8 Å². The van der Waals surface area contributed by atoms with E-state index in [0.29, 0.717) is 6.54 Å². The molecule has 0 saturated heterocycles. The van der Waals surface area contributed by atoms with E-state index in [1.54, 1.807) is 29.2 Å². The standard InChI is InChI=1S/C18H21N5O3S/c1-14(10-23-13-19-12-20-23)21-18(24)11-22(2)27(25,26)17-8-7-15-5-3-4-6-16(15)9-17/h3-9,12-14H,10-11H2,1-2H3,(H,21,24). The number of carbonyl (C=O) groups is 1. The molecule has 0 fully saturated rings. The molecular formula is C18H21N5O3S. The highest BCUT2D eigenvalue weighted by molar-refractivity contribution is 7.89. The average Bonchev–Trinajstić information content (AvgIpc) is 3.13. The molecular weight excluding hydrogens is 366 g/mol. The molecule has 1 unspecified atom stereocenters. The number of carbonyl (C=O) groups excluding carboxylic acids is 1. The Labute approximate surface area is 157 Å². The van der Waals surface area contributed by atoms with Gasteiger partial charge in [-0.1, -0.05) is 30.3 Å². The Morgan fingerprint density at radius 2 is 1.96 bits per heavy atom. The highest BCUT2D eigenvalue weighted by Crippen LogP contribution is 2.21. The molecule has 0 saturated carbocycles. The molecule has 0 aliphatic carbocycles. The lowest BCUT2D eigenvalue weighted by Crippen LogP contribution is -2.43. The third kappa shape index (κ3) is 4.50. The molecule has 1 aromatic heterocycles. The van der Waals surface area contributed by atoms with E-state index >= 15 is 0 Å². The van der Waals surface area contributed by atoms with Crippen LogP contribution in [0, 0.1) is 0 Å². The molecule has 0 bridgehead atoms. The third-order valence-corrected chi connectivity index (χ3v) is 5.93. The van der Waals surface area contributed by atoms with Crippen molar-refractivity contribution in [3.63, 3.8) is 0 Å². The Hall–Kier alpha value is -2.78. The predicted octanol–water partition coefficient (Wildman–Crippen LogP) is 1.26. The number of likely N-dealkylation sites (N-methyl/N-ethyl adjacent to an activating group) is 1. The first-order valence-corrected chi connectivity index (χ1v) is 9.87. The van der Waals surface area contributed by atoms with Gasteiger partial charge < -0.3 is 5.32 Å². The van der Waals surface area contributed by atoms with Gasteiger partial charge in [0.05, 0.1) is 18.0 Å². The van der Waals surface area contributed by atoms with Crippen molar-refractivity contribution in [3.8, 4) is 0 Å². The summed E-state index contributed by atoms with van der Waals surface area (Å²) in [7, 11) is -2.37. The SMILES string of the molecule is CC(Cn1cncn1)NC(=O)CN(C)S(=O)(=O)c1ccc2ccccc2c1. The lowest BCUT2D eigenvalue weighted by atomic mass is 10.1. The Balaban J connectivity index is 1.66. The number of hydrogen-bond donors (Lipinski definition) is 1. The maximum absolute atomic E-state index is 12.8. The van der Waals surface area contributed by atoms with Crippen LogP contribution in [-0.2, 0) is 21.4 Å². The monoisotopic (exact) mass is 387 g/mol. The summed E-state index contributed by atoms with van der Waals surface area (Å²) in [6, 6.07) is 12.2. The second-order valence-corrected chi connectivity index (χ2v) is 8.40. The summed E-state index contributed by atoms with van der Waals surface area (Å²) in [5.74, 6) is -0.380. The zero-order chi connectivity index (χ0) is 19.4. The second kappa shape index (κ2) is 7.85. The second-order valence-electron chi connectivity index (χ2n) is 6.36. The van der Waals surface area contributed by atoms with Gasteiger partial charge in [-0.25, -0.2) is 13.4 Å². The fraction of sp³-hybridized carbons (Fsp3) is 0.278. The number of amides is 1. The van der Waals surface area contributed by atoms with Crippen molar-refractivity contribution in [2.75, 3.05) is 13.6 Å². The maximum atomic E-state index is 12.8. The van der Waals surface area contributed by atoms with E-state index in [1.165, 1.54) is 13.4 Å². The van der Waals surface area contributed by atoms with Crippen molar-refractivity contribution in [3.05, 3.63) is 55.1 Å². The van der Waals surface area contributed by atoms with E-state index in [2.05, 4.69) is 15.4 Å². The van der Waals surface area contributed by atoms with E-state index in [9.17, 15) is 13.2 Å². The van der Waals surface area contributed by atoms with Crippen molar-refractivity contribution >= 4 is 26.7 Å². The molecule has 0 aliphatic heterocycles. The zero-order valence-corrected chi connectivity index (χ0v) is 15.9. The van der Waals surface area contributed by atoms with Crippen LogP contribution in [0.3, 0.4) is 0 Å². The topological polar surface area (TPSA) is 97.2 Å². The molecule has 9 heteroatoms. The van der Waals surface area contributed by atoms with Gasteiger partial charge in [0, 0.05) is 13.1 Å². The minimum Gasteiger partial charge on any atom is -0.351 e. The number of sulfonamides is 1. The van der Waals surface area contributed by atoms with E-state index in [1.807, 2.05) is 31.2 Å². The molecule has 3 rings (SSSR count). The molecule has 3 aromatic rings. The van der Waals surface area contributed by atoms with Crippen LogP contribution >= 0.6 is 0 Å². The summed E-state index contributed by atoms with van der Waals surface area (Å²) in [5.41, 5.74) is 0. The first-order valence-electron chi connectivity index (χ1n) is 8.43. The summed E-state index contributed by atoms with van der Waals surface area (Å²) in [5, 5.41) is 8.53. The van der Waals surface area contributed by atoms with E-state index in [0.717, 1.165) is 15.1 Å². The maximum Gasteiger partial charge on any atom is 0.243 e. The van der Waals surface area contributed by atoms with E-state index < -0.39 is 10.0 Å². The highest BCUT2D eigenvalue weighted by Gasteiger charge is 2.23. The van der Waals surface area contributed by atoms with Crippen LogP contribution in [0.15, 0.2) is 60.0 Å². The Morgan fingerprint density at radius 3 is 2.67 bits per heavy atom. The van der Waals surface area contributed by atoms with Crippen molar-refractivity contribution < 1.29 is 13.2 Å². The van der Waals surface area contributed by atoms with Crippen molar-refractivity contribution in [2.24, 2.45) is 0 Å². The molecule has 1 atom stereocenters. The van der Waals surface area contributed by atoms with Crippen LogP contribution in [-0.4, -0.2) is 53.0 Å². The van der Waals surface area contributed by atoms with Gasteiger partial charge in [0.1, 0.15) is 12.7 Å². The number of aromatic nitrogens is 3. The van der Waals surface area contributed by atoms with Gasteiger partial charge in [-0.3, -0.25) is 9.48 Å². The van der Waals surface area contributed by atoms with Gasteiger partial charge in [-0.2, -0.15) is 9.40 Å². The molecule has 8 nitrogen and oxygen atoms in total. The number of rotatable bonds is 7. The number of nitrogens with one attached hydrogen (secondary N) is 1. The quantitative estimate of drug-likeness (QED) is 0.658. The normalized spacial score (nSPS) is 13.0. The lowest BCUT2D eigenvalue weighted by molar-refractivity contribution is -0.121.